The van der Waals surface area contributed by atoms with E-state index in [9.17, 15) is 4.79 Å². The van der Waals surface area contributed by atoms with E-state index in [1.165, 1.54) is 83.5 Å². The molecule has 0 bridgehead atoms. The average Bonchev–Trinajstić information content (AvgIpc) is 2.98. The highest BCUT2D eigenvalue weighted by molar-refractivity contribution is 5.72. The molecule has 0 aliphatic rings. The highest BCUT2D eigenvalue weighted by atomic mass is 16.6. The van der Waals surface area contributed by atoms with Gasteiger partial charge in [-0.1, -0.05) is 117 Å². The number of rotatable bonds is 35. The van der Waals surface area contributed by atoms with Gasteiger partial charge in [-0.25, -0.2) is 0 Å². The Kier molecular flexibility index (Phi) is 34.8. The molecule has 0 aliphatic heterocycles. The zero-order valence-electron chi connectivity index (χ0n) is 27.4. The van der Waals surface area contributed by atoms with Crippen LogP contribution in [0.1, 0.15) is 136 Å². The van der Waals surface area contributed by atoms with Crippen molar-refractivity contribution in [1.29, 1.82) is 0 Å². The van der Waals surface area contributed by atoms with Gasteiger partial charge in [0.15, 0.2) is 0 Å². The molecule has 1 unspecified atom stereocenters. The Balaban J connectivity index is 3.15. The summed E-state index contributed by atoms with van der Waals surface area (Å²) in [7, 11) is 0. The minimum absolute atomic E-state index is 0.0145. The molecule has 41 heavy (non-hydrogen) atoms. The van der Waals surface area contributed by atoms with Crippen LogP contribution in [0.25, 0.3) is 0 Å². The molecule has 0 radical (unpaired) electrons. The molecule has 0 heterocycles. The van der Waals surface area contributed by atoms with Gasteiger partial charge in [-0.2, -0.15) is 0 Å². The molecule has 0 aliphatic carbocycles. The van der Waals surface area contributed by atoms with E-state index in [-0.39, 0.29) is 11.9 Å². The number of carbonyl (C=O) groups is 1. The molecular formula is C34H68O7. The molecule has 1 atom stereocenters. The van der Waals surface area contributed by atoms with Gasteiger partial charge < -0.3 is 28.4 Å². The van der Waals surface area contributed by atoms with Crippen LogP contribution in [-0.2, 0) is 33.2 Å². The fourth-order valence-electron chi connectivity index (χ4n) is 4.64. The number of ether oxygens (including phenoxy) is 6. The monoisotopic (exact) mass is 588 g/mol. The summed E-state index contributed by atoms with van der Waals surface area (Å²) in [6.07, 6.45) is 23.2. The molecule has 0 spiro atoms. The lowest BCUT2D eigenvalue weighted by Crippen LogP contribution is -2.20. The molecule has 246 valence electrons. The molecule has 0 aromatic heterocycles. The van der Waals surface area contributed by atoms with Crippen LogP contribution in [0.2, 0.25) is 0 Å². The number of hydrogen-bond donors (Lipinski definition) is 0. The second-order valence-electron chi connectivity index (χ2n) is 11.1. The van der Waals surface area contributed by atoms with E-state index in [0.29, 0.717) is 66.1 Å². The Labute approximate surface area is 254 Å². The summed E-state index contributed by atoms with van der Waals surface area (Å²) in [5.74, 6) is -0.0876. The molecule has 0 aromatic rings. The van der Waals surface area contributed by atoms with Crippen LogP contribution in [-0.4, -0.2) is 78.6 Å². The topological polar surface area (TPSA) is 72.5 Å². The van der Waals surface area contributed by atoms with E-state index in [1.54, 1.807) is 0 Å². The highest BCUT2D eigenvalue weighted by Crippen LogP contribution is 2.14. The van der Waals surface area contributed by atoms with Crippen molar-refractivity contribution in [3.05, 3.63) is 0 Å². The van der Waals surface area contributed by atoms with Gasteiger partial charge in [-0.05, 0) is 19.3 Å². The maximum Gasteiger partial charge on any atom is 0.308 e. The molecule has 0 saturated carbocycles. The lowest BCUT2D eigenvalue weighted by atomic mass is 10.00. The van der Waals surface area contributed by atoms with Crippen molar-refractivity contribution in [3.63, 3.8) is 0 Å². The minimum atomic E-state index is -0.102. The lowest BCUT2D eigenvalue weighted by molar-refractivity contribution is -0.150. The highest BCUT2D eigenvalue weighted by Gasteiger charge is 2.16. The van der Waals surface area contributed by atoms with Gasteiger partial charge in [0.1, 0.15) is 6.61 Å². The van der Waals surface area contributed by atoms with Gasteiger partial charge in [-0.15, -0.1) is 0 Å². The summed E-state index contributed by atoms with van der Waals surface area (Å²) >= 11 is 0. The van der Waals surface area contributed by atoms with Crippen LogP contribution in [0.5, 0.6) is 0 Å². The summed E-state index contributed by atoms with van der Waals surface area (Å²) < 4.78 is 33.0. The first-order chi connectivity index (χ1) is 20.3. The van der Waals surface area contributed by atoms with Crippen LogP contribution >= 0.6 is 0 Å². The fraction of sp³-hybridized carbons (Fsp3) is 0.971. The van der Waals surface area contributed by atoms with Crippen molar-refractivity contribution in [1.82, 2.24) is 0 Å². The lowest BCUT2D eigenvalue weighted by Gasteiger charge is -2.13. The van der Waals surface area contributed by atoms with Crippen LogP contribution in [0, 0.1) is 5.92 Å². The second-order valence-corrected chi connectivity index (χ2v) is 11.1. The Bertz CT molecular complexity index is 503. The number of unbranched alkanes of at least 4 members (excludes halogenated alkanes) is 14. The first-order valence-electron chi connectivity index (χ1n) is 17.3. The summed E-state index contributed by atoms with van der Waals surface area (Å²) in [6, 6.07) is 0. The van der Waals surface area contributed by atoms with Crippen LogP contribution in [0.15, 0.2) is 0 Å². The molecule has 0 aromatic carbocycles. The summed E-state index contributed by atoms with van der Waals surface area (Å²) in [6.45, 7) is 12.4. The third kappa shape index (κ3) is 32.0. The van der Waals surface area contributed by atoms with Crippen LogP contribution in [0.4, 0.5) is 0 Å². The van der Waals surface area contributed by atoms with E-state index in [4.69, 9.17) is 28.4 Å². The van der Waals surface area contributed by atoms with Gasteiger partial charge >= 0.3 is 5.97 Å². The van der Waals surface area contributed by atoms with Crippen molar-refractivity contribution in [2.75, 3.05) is 72.7 Å². The Morgan fingerprint density at radius 2 is 0.756 bits per heavy atom. The Hall–Kier alpha value is -0.730. The molecule has 0 amide bonds. The predicted octanol–water partition coefficient (Wildman–Crippen LogP) is 8.31. The zero-order valence-corrected chi connectivity index (χ0v) is 27.4. The Morgan fingerprint density at radius 3 is 1.15 bits per heavy atom. The summed E-state index contributed by atoms with van der Waals surface area (Å²) in [4.78, 5) is 12.0. The third-order valence-corrected chi connectivity index (χ3v) is 7.33. The van der Waals surface area contributed by atoms with Crippen molar-refractivity contribution in [2.45, 2.75) is 136 Å². The van der Waals surface area contributed by atoms with Gasteiger partial charge in [0.2, 0.25) is 0 Å². The first-order valence-corrected chi connectivity index (χ1v) is 17.3. The first kappa shape index (κ1) is 40.3. The van der Waals surface area contributed by atoms with Crippen molar-refractivity contribution in [2.24, 2.45) is 5.92 Å². The van der Waals surface area contributed by atoms with Crippen molar-refractivity contribution >= 4 is 5.97 Å². The molecule has 0 fully saturated rings. The van der Waals surface area contributed by atoms with E-state index in [2.05, 4.69) is 13.8 Å². The molecule has 0 rings (SSSR count). The standard InChI is InChI=1S/C34H68O7/c1-4-7-9-10-11-12-13-14-15-16-17-18-19-20-22-36-23-24-37-25-26-38-27-28-39-29-30-40-31-32-41-34(35)33(6-3)21-8-5-2/h33H,4-32H2,1-3H3. The van der Waals surface area contributed by atoms with E-state index in [1.807, 2.05) is 6.92 Å². The third-order valence-electron chi connectivity index (χ3n) is 7.33. The largest absolute Gasteiger partial charge is 0.463 e. The van der Waals surface area contributed by atoms with Crippen molar-refractivity contribution < 1.29 is 33.2 Å². The van der Waals surface area contributed by atoms with Crippen LogP contribution < -0.4 is 0 Å². The molecule has 7 nitrogen and oxygen atoms in total. The number of hydrogen-bond acceptors (Lipinski definition) is 7. The number of esters is 1. The SMILES string of the molecule is CCCCCCCCCCCCCCCCOCCOCCOCCOCCOCCOC(=O)C(CC)CCCC. The zero-order chi connectivity index (χ0) is 29.9. The maximum atomic E-state index is 12.0. The normalized spacial score (nSPS) is 12.2. The average molecular weight is 589 g/mol. The number of carbonyl (C=O) groups excluding carboxylic acids is 1. The predicted molar refractivity (Wildman–Crippen MR) is 169 cm³/mol. The second kappa shape index (κ2) is 35.5. The van der Waals surface area contributed by atoms with Gasteiger partial charge in [0.25, 0.3) is 0 Å². The quantitative estimate of drug-likeness (QED) is 0.0544. The van der Waals surface area contributed by atoms with Gasteiger partial charge in [0.05, 0.1) is 65.4 Å². The maximum absolute atomic E-state index is 12.0. The summed E-state index contributed by atoms with van der Waals surface area (Å²) in [5.41, 5.74) is 0. The molecule has 0 N–H and O–H groups in total. The minimum Gasteiger partial charge on any atom is -0.463 e. The van der Waals surface area contributed by atoms with Gasteiger partial charge in [0, 0.05) is 6.61 Å². The fourth-order valence-corrected chi connectivity index (χ4v) is 4.64. The van der Waals surface area contributed by atoms with Gasteiger partial charge in [-0.3, -0.25) is 4.79 Å². The smallest absolute Gasteiger partial charge is 0.308 e. The van der Waals surface area contributed by atoms with Crippen molar-refractivity contribution in [3.8, 4) is 0 Å². The Morgan fingerprint density at radius 1 is 0.415 bits per heavy atom. The summed E-state index contributed by atoms with van der Waals surface area (Å²) in [5, 5.41) is 0. The van der Waals surface area contributed by atoms with E-state index >= 15 is 0 Å². The van der Waals surface area contributed by atoms with E-state index in [0.717, 1.165) is 38.7 Å². The molecule has 0 saturated heterocycles. The molecular weight excluding hydrogens is 520 g/mol. The van der Waals surface area contributed by atoms with Crippen LogP contribution in [0.3, 0.4) is 0 Å². The molecule has 7 heteroatoms. The van der Waals surface area contributed by atoms with E-state index < -0.39 is 0 Å².